The van der Waals surface area contributed by atoms with Crippen LogP contribution in [0.25, 0.3) is 0 Å². The van der Waals surface area contributed by atoms with Crippen molar-refractivity contribution >= 4 is 17.4 Å². The molecule has 0 bridgehead atoms. The molecular weight excluding hydrogens is 398 g/mol. The zero-order chi connectivity index (χ0) is 22.3. The maximum Gasteiger partial charge on any atom is 0.230 e. The largest absolute Gasteiger partial charge is 0.497 e. The van der Waals surface area contributed by atoms with Crippen LogP contribution in [0.3, 0.4) is 0 Å². The van der Waals surface area contributed by atoms with Crippen LogP contribution in [-0.4, -0.2) is 25.3 Å². The number of methoxy groups -OCH3 is 1. The third kappa shape index (κ3) is 4.91. The SMILES string of the molecule is COc1ccc(C(=O)C[C@@H](c2ccccc2)[C@@H]2CCCCN(c3ccccc3)C2=O)cc1. The van der Waals surface area contributed by atoms with Crippen LogP contribution in [0.15, 0.2) is 84.9 Å². The lowest BCUT2D eigenvalue weighted by Crippen LogP contribution is -2.38. The maximum absolute atomic E-state index is 13.8. The Balaban J connectivity index is 1.64. The van der Waals surface area contributed by atoms with E-state index in [4.69, 9.17) is 4.74 Å². The zero-order valence-electron chi connectivity index (χ0n) is 18.4. The fourth-order valence-corrected chi connectivity index (χ4v) is 4.59. The van der Waals surface area contributed by atoms with Crippen LogP contribution in [0.2, 0.25) is 0 Å². The molecule has 0 unspecified atom stereocenters. The number of ketones is 1. The molecule has 4 heteroatoms. The number of rotatable bonds is 7. The molecule has 3 aromatic rings. The van der Waals surface area contributed by atoms with E-state index in [1.807, 2.05) is 65.6 Å². The van der Waals surface area contributed by atoms with Crippen molar-refractivity contribution in [1.29, 1.82) is 0 Å². The molecule has 0 aromatic heterocycles. The van der Waals surface area contributed by atoms with Crippen LogP contribution in [0.1, 0.15) is 47.5 Å². The number of carbonyl (C=O) groups excluding carboxylic acids is 2. The van der Waals surface area contributed by atoms with Crippen molar-refractivity contribution in [1.82, 2.24) is 0 Å². The molecule has 2 atom stereocenters. The van der Waals surface area contributed by atoms with Gasteiger partial charge in [0.2, 0.25) is 5.91 Å². The molecule has 1 amide bonds. The highest BCUT2D eigenvalue weighted by Crippen LogP contribution is 2.37. The van der Waals surface area contributed by atoms with E-state index in [9.17, 15) is 9.59 Å². The van der Waals surface area contributed by atoms with Gasteiger partial charge in [0.15, 0.2) is 5.78 Å². The third-order valence-electron chi connectivity index (χ3n) is 6.33. The first-order valence-electron chi connectivity index (χ1n) is 11.3. The molecule has 4 nitrogen and oxygen atoms in total. The minimum Gasteiger partial charge on any atom is -0.497 e. The molecule has 1 fully saturated rings. The molecule has 0 saturated carbocycles. The predicted octanol–water partition coefficient (Wildman–Crippen LogP) is 5.89. The van der Waals surface area contributed by atoms with Gasteiger partial charge in [-0.25, -0.2) is 0 Å². The lowest BCUT2D eigenvalue weighted by molar-refractivity contribution is -0.122. The van der Waals surface area contributed by atoms with Crippen LogP contribution in [0, 0.1) is 5.92 Å². The second-order valence-electron chi connectivity index (χ2n) is 8.30. The van der Waals surface area contributed by atoms with Gasteiger partial charge < -0.3 is 9.64 Å². The van der Waals surface area contributed by atoms with Crippen molar-refractivity contribution in [2.75, 3.05) is 18.6 Å². The van der Waals surface area contributed by atoms with Crippen molar-refractivity contribution in [2.24, 2.45) is 5.92 Å². The lowest BCUT2D eigenvalue weighted by atomic mass is 9.78. The molecule has 4 rings (SSSR count). The second-order valence-corrected chi connectivity index (χ2v) is 8.30. The van der Waals surface area contributed by atoms with E-state index < -0.39 is 0 Å². The number of para-hydroxylation sites is 1. The van der Waals surface area contributed by atoms with Crippen LogP contribution in [-0.2, 0) is 4.79 Å². The molecule has 3 aromatic carbocycles. The molecule has 32 heavy (non-hydrogen) atoms. The van der Waals surface area contributed by atoms with Gasteiger partial charge in [-0.05, 0) is 54.8 Å². The van der Waals surface area contributed by atoms with Gasteiger partial charge in [0.1, 0.15) is 5.75 Å². The Hall–Kier alpha value is -3.40. The minimum absolute atomic E-state index is 0.0461. The highest BCUT2D eigenvalue weighted by atomic mass is 16.5. The molecule has 1 saturated heterocycles. The highest BCUT2D eigenvalue weighted by molar-refractivity contribution is 5.99. The molecule has 0 aliphatic carbocycles. The summed E-state index contributed by atoms with van der Waals surface area (Å²) in [5.41, 5.74) is 2.62. The summed E-state index contributed by atoms with van der Waals surface area (Å²) in [7, 11) is 1.61. The van der Waals surface area contributed by atoms with Crippen LogP contribution in [0.5, 0.6) is 5.75 Å². The fraction of sp³-hybridized carbons (Fsp3) is 0.286. The van der Waals surface area contributed by atoms with E-state index in [2.05, 4.69) is 0 Å². The van der Waals surface area contributed by atoms with E-state index in [0.717, 1.165) is 36.3 Å². The summed E-state index contributed by atoms with van der Waals surface area (Å²) < 4.78 is 5.21. The van der Waals surface area contributed by atoms with E-state index in [1.54, 1.807) is 31.4 Å². The number of hydrogen-bond acceptors (Lipinski definition) is 3. The summed E-state index contributed by atoms with van der Waals surface area (Å²) in [6.07, 6.45) is 3.03. The smallest absolute Gasteiger partial charge is 0.230 e. The van der Waals surface area contributed by atoms with Gasteiger partial charge in [-0.2, -0.15) is 0 Å². The average Bonchev–Trinajstić information content (AvgIpc) is 3.05. The Kier molecular flexibility index (Phi) is 7.00. The molecule has 0 N–H and O–H groups in total. The van der Waals surface area contributed by atoms with Crippen molar-refractivity contribution in [3.8, 4) is 5.75 Å². The Morgan fingerprint density at radius 2 is 1.59 bits per heavy atom. The van der Waals surface area contributed by atoms with Gasteiger partial charge in [0.25, 0.3) is 0 Å². The van der Waals surface area contributed by atoms with E-state index in [0.29, 0.717) is 18.5 Å². The summed E-state index contributed by atoms with van der Waals surface area (Å²) >= 11 is 0. The lowest BCUT2D eigenvalue weighted by Gasteiger charge is -2.30. The minimum atomic E-state index is -0.234. The Morgan fingerprint density at radius 3 is 2.25 bits per heavy atom. The van der Waals surface area contributed by atoms with Crippen LogP contribution < -0.4 is 9.64 Å². The van der Waals surface area contributed by atoms with Gasteiger partial charge in [-0.3, -0.25) is 9.59 Å². The number of anilines is 1. The van der Waals surface area contributed by atoms with Crippen LogP contribution >= 0.6 is 0 Å². The molecule has 1 heterocycles. The first kappa shape index (κ1) is 21.8. The monoisotopic (exact) mass is 427 g/mol. The Morgan fingerprint density at radius 1 is 0.938 bits per heavy atom. The van der Waals surface area contributed by atoms with Crippen molar-refractivity contribution < 1.29 is 14.3 Å². The molecule has 0 radical (unpaired) electrons. The van der Waals surface area contributed by atoms with Gasteiger partial charge in [-0.15, -0.1) is 0 Å². The molecule has 1 aliphatic heterocycles. The highest BCUT2D eigenvalue weighted by Gasteiger charge is 2.36. The van der Waals surface area contributed by atoms with Gasteiger partial charge in [0.05, 0.1) is 7.11 Å². The molecule has 164 valence electrons. The summed E-state index contributed by atoms with van der Waals surface area (Å²) in [5.74, 6) is 0.485. The number of amides is 1. The van der Waals surface area contributed by atoms with Crippen molar-refractivity contribution in [3.63, 3.8) is 0 Å². The first-order valence-corrected chi connectivity index (χ1v) is 11.3. The Labute approximate surface area is 189 Å². The molecule has 1 aliphatic rings. The normalized spacial score (nSPS) is 17.5. The van der Waals surface area contributed by atoms with E-state index in [1.165, 1.54) is 0 Å². The summed E-state index contributed by atoms with van der Waals surface area (Å²) in [6.45, 7) is 0.716. The number of carbonyl (C=O) groups is 2. The number of Topliss-reactive ketones (excluding diaryl/α,β-unsaturated/α-hetero) is 1. The third-order valence-corrected chi connectivity index (χ3v) is 6.33. The van der Waals surface area contributed by atoms with Gasteiger partial charge >= 0.3 is 0 Å². The van der Waals surface area contributed by atoms with E-state index >= 15 is 0 Å². The number of hydrogen-bond donors (Lipinski definition) is 0. The average molecular weight is 428 g/mol. The number of nitrogens with zero attached hydrogens (tertiary/aromatic N) is 1. The fourth-order valence-electron chi connectivity index (χ4n) is 4.59. The maximum atomic E-state index is 13.8. The summed E-state index contributed by atoms with van der Waals surface area (Å²) in [5, 5.41) is 0. The summed E-state index contributed by atoms with van der Waals surface area (Å²) in [4.78, 5) is 28.9. The number of benzene rings is 3. The van der Waals surface area contributed by atoms with Crippen molar-refractivity contribution in [2.45, 2.75) is 31.6 Å². The first-order chi connectivity index (χ1) is 15.7. The van der Waals surface area contributed by atoms with Crippen LogP contribution in [0.4, 0.5) is 5.69 Å². The standard InChI is InChI=1S/C28H29NO3/c1-32-24-17-15-22(16-18-24)27(30)20-26(21-10-4-2-5-11-21)25-14-8-9-19-29(28(25)31)23-12-6-3-7-13-23/h2-7,10-13,15-18,25-26H,8-9,14,19-20H2,1H3/t25-,26-/m0/s1. The second kappa shape index (κ2) is 10.3. The number of ether oxygens (including phenoxy) is 1. The zero-order valence-corrected chi connectivity index (χ0v) is 18.4. The summed E-state index contributed by atoms with van der Waals surface area (Å²) in [6, 6.07) is 27.1. The van der Waals surface area contributed by atoms with Gasteiger partial charge in [-0.1, -0.05) is 55.0 Å². The molecular formula is C28H29NO3. The molecule has 0 spiro atoms. The quantitative estimate of drug-likeness (QED) is 0.442. The van der Waals surface area contributed by atoms with Crippen molar-refractivity contribution in [3.05, 3.63) is 96.1 Å². The predicted molar refractivity (Wildman–Crippen MR) is 127 cm³/mol. The topological polar surface area (TPSA) is 46.6 Å². The Bertz CT molecular complexity index is 1030. The van der Waals surface area contributed by atoms with Gasteiger partial charge in [0, 0.05) is 36.1 Å². The van der Waals surface area contributed by atoms with E-state index in [-0.39, 0.29) is 23.5 Å².